The van der Waals surface area contributed by atoms with Crippen LogP contribution < -0.4 is 5.73 Å². The van der Waals surface area contributed by atoms with E-state index in [4.69, 9.17) is 11.0 Å². The van der Waals surface area contributed by atoms with Crippen molar-refractivity contribution in [3.8, 4) is 6.07 Å². The van der Waals surface area contributed by atoms with Crippen molar-refractivity contribution < 1.29 is 13.2 Å². The highest BCUT2D eigenvalue weighted by Gasteiger charge is 2.39. The molecular formula is C7H7F3N4. The van der Waals surface area contributed by atoms with Crippen LogP contribution in [0.15, 0.2) is 6.20 Å². The molecule has 1 rings (SSSR count). The van der Waals surface area contributed by atoms with Crippen molar-refractivity contribution in [3.05, 3.63) is 11.8 Å². The zero-order valence-corrected chi connectivity index (χ0v) is 7.21. The summed E-state index contributed by atoms with van der Waals surface area (Å²) in [6.45, 7) is 0.921. The van der Waals surface area contributed by atoms with Crippen molar-refractivity contribution in [3.63, 3.8) is 0 Å². The molecule has 0 saturated heterocycles. The van der Waals surface area contributed by atoms with E-state index in [-0.39, 0.29) is 11.4 Å². The van der Waals surface area contributed by atoms with Gasteiger partial charge in [0.05, 0.1) is 6.20 Å². The molecule has 0 fully saturated rings. The van der Waals surface area contributed by atoms with Crippen LogP contribution in [0.3, 0.4) is 0 Å². The molecule has 4 nitrogen and oxygen atoms in total. The largest absolute Gasteiger partial charge is 0.410 e. The van der Waals surface area contributed by atoms with Gasteiger partial charge in [-0.3, -0.25) is 0 Å². The summed E-state index contributed by atoms with van der Waals surface area (Å²) in [6, 6.07) is -0.183. The number of aromatic nitrogens is 2. The number of halogens is 3. The molecule has 1 aromatic heterocycles. The Balaban J connectivity index is 3.10. The van der Waals surface area contributed by atoms with Gasteiger partial charge in [0.2, 0.25) is 0 Å². The lowest BCUT2D eigenvalue weighted by atomic mass is 10.3. The Labute approximate surface area is 77.7 Å². The van der Waals surface area contributed by atoms with Gasteiger partial charge < -0.3 is 5.73 Å². The predicted molar refractivity (Wildman–Crippen MR) is 42.1 cm³/mol. The first kappa shape index (κ1) is 10.4. The molecule has 0 saturated carbocycles. The molecule has 0 aromatic carbocycles. The summed E-state index contributed by atoms with van der Waals surface area (Å²) >= 11 is 0. The van der Waals surface area contributed by atoms with Crippen LogP contribution in [0, 0.1) is 11.3 Å². The van der Waals surface area contributed by atoms with Crippen LogP contribution >= 0.6 is 0 Å². The quantitative estimate of drug-likeness (QED) is 0.752. The van der Waals surface area contributed by atoms with Crippen molar-refractivity contribution in [2.75, 3.05) is 5.73 Å². The number of nitrogens with zero attached hydrogens (tertiary/aromatic N) is 3. The van der Waals surface area contributed by atoms with Gasteiger partial charge in [0.15, 0.2) is 0 Å². The van der Waals surface area contributed by atoms with E-state index >= 15 is 0 Å². The van der Waals surface area contributed by atoms with E-state index in [0.29, 0.717) is 4.68 Å². The molecule has 1 atom stereocenters. The van der Waals surface area contributed by atoms with E-state index in [1.165, 1.54) is 0 Å². The summed E-state index contributed by atoms with van der Waals surface area (Å²) in [4.78, 5) is 0. The molecule has 1 aromatic rings. The fourth-order valence-electron chi connectivity index (χ4n) is 0.905. The molecular weight excluding hydrogens is 197 g/mol. The number of alkyl halides is 3. The first-order valence-electron chi connectivity index (χ1n) is 3.67. The molecule has 0 aliphatic carbocycles. The number of rotatable bonds is 1. The maximum Gasteiger partial charge on any atom is 0.410 e. The third-order valence-corrected chi connectivity index (χ3v) is 1.80. The van der Waals surface area contributed by atoms with Gasteiger partial charge in [-0.05, 0) is 6.92 Å². The Bertz CT molecular complexity index is 373. The van der Waals surface area contributed by atoms with Gasteiger partial charge >= 0.3 is 6.18 Å². The summed E-state index contributed by atoms with van der Waals surface area (Å²) in [5.74, 6) is -0.266. The molecule has 14 heavy (non-hydrogen) atoms. The van der Waals surface area contributed by atoms with E-state index in [1.54, 1.807) is 6.07 Å². The van der Waals surface area contributed by atoms with Crippen LogP contribution in [-0.2, 0) is 0 Å². The van der Waals surface area contributed by atoms with Crippen molar-refractivity contribution in [2.45, 2.75) is 19.1 Å². The summed E-state index contributed by atoms with van der Waals surface area (Å²) in [5, 5.41) is 11.9. The number of hydrogen-bond acceptors (Lipinski definition) is 3. The number of nitrogen functional groups attached to an aromatic ring is 1. The smallest absolute Gasteiger partial charge is 0.383 e. The summed E-state index contributed by atoms with van der Waals surface area (Å²) in [7, 11) is 0. The third kappa shape index (κ3) is 1.64. The van der Waals surface area contributed by atoms with E-state index < -0.39 is 12.2 Å². The van der Waals surface area contributed by atoms with Crippen molar-refractivity contribution in [2.24, 2.45) is 0 Å². The molecule has 1 heterocycles. The van der Waals surface area contributed by atoms with Crippen LogP contribution in [0.4, 0.5) is 19.0 Å². The number of nitrogens with two attached hydrogens (primary N) is 1. The molecule has 7 heteroatoms. The highest BCUT2D eigenvalue weighted by atomic mass is 19.4. The Morgan fingerprint density at radius 1 is 1.64 bits per heavy atom. The zero-order valence-electron chi connectivity index (χ0n) is 7.21. The molecule has 0 aliphatic heterocycles. The molecule has 0 bridgehead atoms. The maximum atomic E-state index is 12.2. The zero-order chi connectivity index (χ0) is 10.9. The minimum Gasteiger partial charge on any atom is -0.383 e. The molecule has 0 aliphatic rings. The van der Waals surface area contributed by atoms with Gasteiger partial charge in [0.25, 0.3) is 0 Å². The second-order valence-electron chi connectivity index (χ2n) is 2.72. The normalized spacial score (nSPS) is 13.6. The van der Waals surface area contributed by atoms with Gasteiger partial charge in [-0.1, -0.05) is 0 Å². The number of anilines is 1. The average molecular weight is 204 g/mol. The van der Waals surface area contributed by atoms with Gasteiger partial charge in [0.1, 0.15) is 23.5 Å². The summed E-state index contributed by atoms with van der Waals surface area (Å²) < 4.78 is 37.3. The Hall–Kier alpha value is -1.71. The van der Waals surface area contributed by atoms with Gasteiger partial charge in [-0.2, -0.15) is 23.5 Å². The molecule has 76 valence electrons. The van der Waals surface area contributed by atoms with Gasteiger partial charge in [-0.15, -0.1) is 0 Å². The van der Waals surface area contributed by atoms with E-state index in [1.807, 2.05) is 0 Å². The highest BCUT2D eigenvalue weighted by Crippen LogP contribution is 2.31. The van der Waals surface area contributed by atoms with Gasteiger partial charge in [-0.25, -0.2) is 4.68 Å². The number of nitriles is 1. The average Bonchev–Trinajstić information content (AvgIpc) is 2.43. The van der Waals surface area contributed by atoms with Crippen LogP contribution in [-0.4, -0.2) is 16.0 Å². The highest BCUT2D eigenvalue weighted by molar-refractivity contribution is 5.47. The predicted octanol–water partition coefficient (Wildman–Crippen LogP) is 1.46. The molecule has 0 radical (unpaired) electrons. The first-order chi connectivity index (χ1) is 6.38. The molecule has 0 spiro atoms. The van der Waals surface area contributed by atoms with Crippen LogP contribution in [0.5, 0.6) is 0 Å². The fraction of sp³-hybridized carbons (Fsp3) is 0.429. The molecule has 1 unspecified atom stereocenters. The topological polar surface area (TPSA) is 67.6 Å². The van der Waals surface area contributed by atoms with Crippen molar-refractivity contribution in [1.29, 1.82) is 5.26 Å². The standard InChI is InChI=1S/C7H7F3N4/c1-4(7(8,9)10)14-6(12)5(2-11)3-13-14/h3-4H,12H2,1H3. The maximum absolute atomic E-state index is 12.2. The van der Waals surface area contributed by atoms with E-state index in [0.717, 1.165) is 13.1 Å². The monoisotopic (exact) mass is 204 g/mol. The second-order valence-corrected chi connectivity index (χ2v) is 2.72. The van der Waals surface area contributed by atoms with E-state index in [9.17, 15) is 13.2 Å². The molecule has 2 N–H and O–H groups in total. The fourth-order valence-corrected chi connectivity index (χ4v) is 0.905. The summed E-state index contributed by atoms with van der Waals surface area (Å²) in [6.07, 6.45) is -3.41. The Morgan fingerprint density at radius 3 is 2.57 bits per heavy atom. The number of hydrogen-bond donors (Lipinski definition) is 1. The molecule has 0 amide bonds. The minimum atomic E-state index is -4.42. The first-order valence-corrected chi connectivity index (χ1v) is 3.67. The minimum absolute atomic E-state index is 0.0545. The van der Waals surface area contributed by atoms with Crippen molar-refractivity contribution >= 4 is 5.82 Å². The van der Waals surface area contributed by atoms with Crippen LogP contribution in [0.1, 0.15) is 18.5 Å². The van der Waals surface area contributed by atoms with E-state index in [2.05, 4.69) is 5.10 Å². The van der Waals surface area contributed by atoms with Gasteiger partial charge in [0, 0.05) is 0 Å². The summed E-state index contributed by atoms with van der Waals surface area (Å²) in [5.41, 5.74) is 5.23. The van der Waals surface area contributed by atoms with Crippen LogP contribution in [0.2, 0.25) is 0 Å². The lowest BCUT2D eigenvalue weighted by molar-refractivity contribution is -0.164. The Kier molecular flexibility index (Phi) is 2.38. The second kappa shape index (κ2) is 3.21. The van der Waals surface area contributed by atoms with Crippen LogP contribution in [0.25, 0.3) is 0 Å². The third-order valence-electron chi connectivity index (χ3n) is 1.80. The Morgan fingerprint density at radius 2 is 2.21 bits per heavy atom. The van der Waals surface area contributed by atoms with Crippen molar-refractivity contribution in [1.82, 2.24) is 9.78 Å². The SMILES string of the molecule is CC(n1ncc(C#N)c1N)C(F)(F)F. The lowest BCUT2D eigenvalue weighted by Gasteiger charge is -2.16. The lowest BCUT2D eigenvalue weighted by Crippen LogP contribution is -2.25.